The largest absolute Gasteiger partial charge is 0.478 e. The zero-order valence-corrected chi connectivity index (χ0v) is 18.9. The van der Waals surface area contributed by atoms with E-state index < -0.39 is 11.9 Å². The number of carbonyl (C=O) groups excluding carboxylic acids is 1. The van der Waals surface area contributed by atoms with Gasteiger partial charge < -0.3 is 19.7 Å². The quantitative estimate of drug-likeness (QED) is 0.187. The molecule has 1 aliphatic heterocycles. The Balaban J connectivity index is 0.000000487. The van der Waals surface area contributed by atoms with Crippen LogP contribution in [0.5, 0.6) is 0 Å². The minimum absolute atomic E-state index is 0.0703. The second kappa shape index (κ2) is 16.3. The van der Waals surface area contributed by atoms with Crippen LogP contribution in [0.25, 0.3) is 6.08 Å². The highest BCUT2D eigenvalue weighted by molar-refractivity contribution is 5.89. The normalized spacial score (nSPS) is 14.2. The number of epoxide rings is 1. The maximum absolute atomic E-state index is 11.1. The van der Waals surface area contributed by atoms with Crippen molar-refractivity contribution in [1.29, 1.82) is 0 Å². The van der Waals surface area contributed by atoms with Crippen molar-refractivity contribution in [2.24, 2.45) is 0 Å². The van der Waals surface area contributed by atoms with Gasteiger partial charge in [0.2, 0.25) is 0 Å². The van der Waals surface area contributed by atoms with Gasteiger partial charge in [0, 0.05) is 11.1 Å². The minimum Gasteiger partial charge on any atom is -0.478 e. The highest BCUT2D eigenvalue weighted by Crippen LogP contribution is 2.18. The zero-order valence-electron chi connectivity index (χ0n) is 18.9. The summed E-state index contributed by atoms with van der Waals surface area (Å²) in [7, 11) is 0. The van der Waals surface area contributed by atoms with Crippen molar-refractivity contribution in [3.05, 3.63) is 77.9 Å². The summed E-state index contributed by atoms with van der Waals surface area (Å²) in [4.78, 5) is 31.1. The summed E-state index contributed by atoms with van der Waals surface area (Å²) < 4.78 is 9.82. The third-order valence-electron chi connectivity index (χ3n) is 3.85. The Morgan fingerprint density at radius 2 is 1.69 bits per heavy atom. The summed E-state index contributed by atoms with van der Waals surface area (Å²) in [6, 6.07) is 9.73. The van der Waals surface area contributed by atoms with E-state index in [0.29, 0.717) is 24.4 Å². The predicted octanol–water partition coefficient (Wildman–Crippen LogP) is 4.66. The minimum atomic E-state index is -0.935. The molecule has 0 spiro atoms. The Labute approximate surface area is 189 Å². The van der Waals surface area contributed by atoms with Crippen LogP contribution in [-0.2, 0) is 23.9 Å². The average molecular weight is 445 g/mol. The number of esters is 1. The van der Waals surface area contributed by atoms with Crippen LogP contribution >= 0.6 is 0 Å². The number of ether oxygens (including phenoxy) is 2. The number of hydrogen-bond donors (Lipinski definition) is 2. The highest BCUT2D eigenvalue weighted by Gasteiger charge is 2.31. The van der Waals surface area contributed by atoms with Crippen LogP contribution in [0.4, 0.5) is 0 Å². The maximum atomic E-state index is 11.1. The number of carboxylic acid groups (broad SMARTS) is 2. The Morgan fingerprint density at radius 3 is 2.12 bits per heavy atom. The number of hydrogen-bond acceptors (Lipinski definition) is 5. The van der Waals surface area contributed by atoms with E-state index >= 15 is 0 Å². The molecule has 1 aliphatic rings. The number of benzene rings is 1. The Kier molecular flexibility index (Phi) is 14.5. The van der Waals surface area contributed by atoms with E-state index in [1.165, 1.54) is 6.92 Å². The fourth-order valence-electron chi connectivity index (χ4n) is 1.72. The highest BCUT2D eigenvalue weighted by atomic mass is 16.6. The number of aliphatic carboxylic acids is 2. The van der Waals surface area contributed by atoms with Crippen molar-refractivity contribution >= 4 is 24.0 Å². The van der Waals surface area contributed by atoms with Gasteiger partial charge in [-0.15, -0.1) is 0 Å². The molecule has 2 rings (SSSR count). The second-order valence-corrected chi connectivity index (χ2v) is 6.85. The first-order valence-corrected chi connectivity index (χ1v) is 10.1. The molecule has 1 saturated heterocycles. The van der Waals surface area contributed by atoms with Gasteiger partial charge in [-0.05, 0) is 25.8 Å². The van der Waals surface area contributed by atoms with Crippen molar-refractivity contribution in [1.82, 2.24) is 0 Å². The third kappa shape index (κ3) is 14.5. The molecule has 7 nitrogen and oxygen atoms in total. The Bertz CT molecular complexity index is 819. The van der Waals surface area contributed by atoms with E-state index in [4.69, 9.17) is 19.7 Å². The van der Waals surface area contributed by atoms with Gasteiger partial charge in [0.05, 0.1) is 18.8 Å². The van der Waals surface area contributed by atoms with E-state index in [1.54, 1.807) is 19.1 Å². The molecule has 174 valence electrons. The topological polar surface area (TPSA) is 113 Å². The average Bonchev–Trinajstić information content (AvgIpc) is 3.60. The van der Waals surface area contributed by atoms with Gasteiger partial charge in [0.1, 0.15) is 6.10 Å². The summed E-state index contributed by atoms with van der Waals surface area (Å²) >= 11 is 0. The zero-order chi connectivity index (χ0) is 24.5. The van der Waals surface area contributed by atoms with Crippen LogP contribution in [-0.4, -0.2) is 47.4 Å². The van der Waals surface area contributed by atoms with E-state index in [2.05, 4.69) is 13.2 Å². The molecule has 32 heavy (non-hydrogen) atoms. The lowest BCUT2D eigenvalue weighted by Crippen LogP contribution is -2.11. The number of allylic oxidation sites excluding steroid dienone is 2. The molecule has 1 heterocycles. The lowest BCUT2D eigenvalue weighted by Gasteiger charge is -2.03. The van der Waals surface area contributed by atoms with Gasteiger partial charge in [-0.2, -0.15) is 0 Å². The lowest BCUT2D eigenvalue weighted by molar-refractivity contribution is -0.139. The van der Waals surface area contributed by atoms with Gasteiger partial charge in [-0.25, -0.2) is 14.4 Å². The van der Waals surface area contributed by atoms with Crippen molar-refractivity contribution in [3.63, 3.8) is 0 Å². The van der Waals surface area contributed by atoms with Gasteiger partial charge in [0.15, 0.2) is 0 Å². The molecule has 7 heteroatoms. The number of carboxylic acids is 2. The fraction of sp³-hybridized carbons (Fsp3) is 0.320. The molecule has 0 aromatic heterocycles. The standard InChI is InChI=1S/C12H12O2.C9H14O3.C4H6O2/c1-10(12(13)14)6-5-9-11-7-3-2-4-8-11;1-3-4-5-11-9(10)7(2)8-6-12-8;1-3(2)4(5)6/h2-9H,1H3,(H,13,14);8H,2-6H2,1H3;1H2,2H3,(H,5,6). The molecule has 0 aliphatic carbocycles. The van der Waals surface area contributed by atoms with E-state index in [0.717, 1.165) is 18.4 Å². The van der Waals surface area contributed by atoms with Crippen LogP contribution in [0.3, 0.4) is 0 Å². The molecular formula is C25H32O7. The van der Waals surface area contributed by atoms with Gasteiger partial charge in [0.25, 0.3) is 0 Å². The molecule has 0 amide bonds. The van der Waals surface area contributed by atoms with Gasteiger partial charge in [-0.3, -0.25) is 0 Å². The van der Waals surface area contributed by atoms with E-state index in [9.17, 15) is 14.4 Å². The second-order valence-electron chi connectivity index (χ2n) is 6.85. The Hall–Kier alpha value is -3.45. The SMILES string of the molecule is C=C(C(=O)OCCCC)C1CO1.C=C(C)C(=O)O.CC(=CC=Cc1ccccc1)C(=O)O. The molecule has 0 radical (unpaired) electrons. The van der Waals surface area contributed by atoms with Crippen molar-refractivity contribution in [3.8, 4) is 0 Å². The van der Waals surface area contributed by atoms with Crippen LogP contribution < -0.4 is 0 Å². The monoisotopic (exact) mass is 444 g/mol. The van der Waals surface area contributed by atoms with Crippen LogP contribution in [0.2, 0.25) is 0 Å². The smallest absolute Gasteiger partial charge is 0.336 e. The van der Waals surface area contributed by atoms with Crippen molar-refractivity contribution in [2.45, 2.75) is 39.7 Å². The van der Waals surface area contributed by atoms with Crippen LogP contribution in [0.15, 0.2) is 72.4 Å². The summed E-state index contributed by atoms with van der Waals surface area (Å²) in [5.41, 5.74) is 2.01. The number of carbonyl (C=O) groups is 3. The number of unbranched alkanes of at least 4 members (excludes halogenated alkanes) is 1. The van der Waals surface area contributed by atoms with E-state index in [1.807, 2.05) is 43.3 Å². The van der Waals surface area contributed by atoms with Gasteiger partial charge in [-0.1, -0.05) is 75.1 Å². The van der Waals surface area contributed by atoms with Crippen molar-refractivity contribution in [2.75, 3.05) is 13.2 Å². The third-order valence-corrected chi connectivity index (χ3v) is 3.85. The molecular weight excluding hydrogens is 412 g/mol. The molecule has 1 fully saturated rings. The lowest BCUT2D eigenvalue weighted by atomic mass is 10.2. The predicted molar refractivity (Wildman–Crippen MR) is 124 cm³/mol. The van der Waals surface area contributed by atoms with Crippen LogP contribution in [0.1, 0.15) is 39.2 Å². The molecule has 1 aromatic rings. The summed E-state index contributed by atoms with van der Waals surface area (Å²) in [5, 5.41) is 16.5. The van der Waals surface area contributed by atoms with E-state index in [-0.39, 0.29) is 17.6 Å². The summed E-state index contributed by atoms with van der Waals surface area (Å²) in [5.74, 6) is -2.14. The summed E-state index contributed by atoms with van der Waals surface area (Å²) in [6.07, 6.45) is 7.05. The maximum Gasteiger partial charge on any atom is 0.336 e. The Morgan fingerprint density at radius 1 is 1.12 bits per heavy atom. The van der Waals surface area contributed by atoms with Crippen LogP contribution in [0, 0.1) is 0 Å². The first-order chi connectivity index (χ1) is 15.1. The molecule has 0 bridgehead atoms. The molecule has 1 aromatic carbocycles. The van der Waals surface area contributed by atoms with Crippen molar-refractivity contribution < 1.29 is 34.1 Å². The molecule has 0 saturated carbocycles. The molecule has 1 atom stereocenters. The first kappa shape index (κ1) is 28.5. The number of rotatable bonds is 9. The summed E-state index contributed by atoms with van der Waals surface area (Å²) in [6.45, 7) is 12.9. The first-order valence-electron chi connectivity index (χ1n) is 10.1. The fourth-order valence-corrected chi connectivity index (χ4v) is 1.72. The molecule has 2 N–H and O–H groups in total. The molecule has 1 unspecified atom stereocenters. The van der Waals surface area contributed by atoms with Gasteiger partial charge >= 0.3 is 17.9 Å².